The van der Waals surface area contributed by atoms with Crippen LogP contribution in [0.25, 0.3) is 10.9 Å². The molecule has 0 atom stereocenters. The molecule has 1 saturated heterocycles. The van der Waals surface area contributed by atoms with Gasteiger partial charge in [0.1, 0.15) is 18.1 Å². The summed E-state index contributed by atoms with van der Waals surface area (Å²) in [7, 11) is 1.64. The summed E-state index contributed by atoms with van der Waals surface area (Å²) in [6, 6.07) is 23.3. The Morgan fingerprint density at radius 1 is 0.886 bits per heavy atom. The number of fused-ring (bicyclic) bond motifs is 1. The van der Waals surface area contributed by atoms with Crippen molar-refractivity contribution in [3.8, 4) is 11.5 Å². The highest BCUT2D eigenvalue weighted by Crippen LogP contribution is 2.26. The van der Waals surface area contributed by atoms with E-state index in [1.165, 1.54) is 0 Å². The fourth-order valence-electron chi connectivity index (χ4n) is 4.34. The summed E-state index contributed by atoms with van der Waals surface area (Å²) in [6.07, 6.45) is 1.61. The van der Waals surface area contributed by atoms with Gasteiger partial charge in [-0.2, -0.15) is 0 Å². The van der Waals surface area contributed by atoms with Crippen molar-refractivity contribution in [1.29, 1.82) is 0 Å². The lowest BCUT2D eigenvalue weighted by Gasteiger charge is -2.35. The molecule has 3 aromatic carbocycles. The van der Waals surface area contributed by atoms with Crippen molar-refractivity contribution >= 4 is 28.3 Å². The third-order valence-corrected chi connectivity index (χ3v) is 6.34. The van der Waals surface area contributed by atoms with Gasteiger partial charge in [-0.3, -0.25) is 9.59 Å². The van der Waals surface area contributed by atoms with E-state index in [1.807, 2.05) is 72.8 Å². The molecule has 178 valence electrons. The third kappa shape index (κ3) is 4.84. The van der Waals surface area contributed by atoms with E-state index >= 15 is 0 Å². The van der Waals surface area contributed by atoms with Gasteiger partial charge in [0, 0.05) is 49.0 Å². The van der Waals surface area contributed by atoms with Gasteiger partial charge in [0.15, 0.2) is 0 Å². The van der Waals surface area contributed by atoms with E-state index < -0.39 is 11.7 Å². The van der Waals surface area contributed by atoms with E-state index in [9.17, 15) is 9.59 Å². The number of anilines is 1. The molecule has 4 aromatic rings. The highest BCUT2D eigenvalue weighted by atomic mass is 16.5. The molecule has 1 N–H and O–H groups in total. The number of ether oxygens (including phenoxy) is 2. The maximum atomic E-state index is 13.2. The van der Waals surface area contributed by atoms with Crippen molar-refractivity contribution in [2.45, 2.75) is 6.61 Å². The topological polar surface area (TPSA) is 74.9 Å². The smallest absolute Gasteiger partial charge is 0.295 e. The Morgan fingerprint density at radius 3 is 2.31 bits per heavy atom. The van der Waals surface area contributed by atoms with Gasteiger partial charge in [0.05, 0.1) is 12.7 Å². The Balaban J connectivity index is 1.25. The van der Waals surface area contributed by atoms with Gasteiger partial charge >= 0.3 is 0 Å². The van der Waals surface area contributed by atoms with Crippen LogP contribution in [0.5, 0.6) is 11.5 Å². The zero-order valence-electron chi connectivity index (χ0n) is 19.6. The van der Waals surface area contributed by atoms with Crippen LogP contribution in [0.15, 0.2) is 79.0 Å². The SMILES string of the molecule is COc1ccc(N2CCN(C(=O)C(=O)c3c[nH]c4ccc(OCc5ccccc5)cc34)CC2)cc1. The molecule has 1 amide bonds. The number of nitrogens with zero attached hydrogens (tertiary/aromatic N) is 2. The molecule has 0 aliphatic carbocycles. The van der Waals surface area contributed by atoms with Gasteiger partial charge in [-0.05, 0) is 48.0 Å². The summed E-state index contributed by atoms with van der Waals surface area (Å²) in [5, 5.41) is 0.686. The van der Waals surface area contributed by atoms with E-state index in [4.69, 9.17) is 9.47 Å². The Hall–Kier alpha value is -4.26. The van der Waals surface area contributed by atoms with Crippen LogP contribution in [0, 0.1) is 0 Å². The molecule has 1 aliphatic rings. The Morgan fingerprint density at radius 2 is 1.60 bits per heavy atom. The van der Waals surface area contributed by atoms with Crippen LogP contribution in [0.3, 0.4) is 0 Å². The number of H-pyrrole nitrogens is 1. The number of Topliss-reactive ketones (excluding diaryl/α,β-unsaturated/α-hetero) is 1. The lowest BCUT2D eigenvalue weighted by molar-refractivity contribution is -0.126. The van der Waals surface area contributed by atoms with Crippen LogP contribution in [-0.4, -0.2) is 54.9 Å². The summed E-state index contributed by atoms with van der Waals surface area (Å²) in [6.45, 7) is 2.74. The first-order valence-corrected chi connectivity index (χ1v) is 11.6. The first-order chi connectivity index (χ1) is 17.1. The Labute approximate surface area is 203 Å². The molecule has 1 aliphatic heterocycles. The molecular weight excluding hydrogens is 442 g/mol. The number of ketones is 1. The first-order valence-electron chi connectivity index (χ1n) is 11.6. The number of nitrogens with one attached hydrogen (secondary N) is 1. The second-order valence-corrected chi connectivity index (χ2v) is 8.49. The second-order valence-electron chi connectivity index (χ2n) is 8.49. The number of methoxy groups -OCH3 is 1. The van der Waals surface area contributed by atoms with Crippen molar-refractivity contribution in [2.24, 2.45) is 0 Å². The van der Waals surface area contributed by atoms with E-state index in [-0.39, 0.29) is 0 Å². The van der Waals surface area contributed by atoms with Crippen molar-refractivity contribution in [3.05, 3.63) is 90.1 Å². The molecule has 1 aromatic heterocycles. The van der Waals surface area contributed by atoms with Gasteiger partial charge in [-0.25, -0.2) is 0 Å². The molecule has 2 heterocycles. The number of rotatable bonds is 7. The van der Waals surface area contributed by atoms with Gasteiger partial charge in [-0.1, -0.05) is 30.3 Å². The number of benzene rings is 3. The molecular formula is C28H27N3O4. The zero-order valence-corrected chi connectivity index (χ0v) is 19.6. The van der Waals surface area contributed by atoms with Gasteiger partial charge in [0.25, 0.3) is 11.7 Å². The highest BCUT2D eigenvalue weighted by molar-refractivity contribution is 6.44. The van der Waals surface area contributed by atoms with Crippen molar-refractivity contribution in [3.63, 3.8) is 0 Å². The summed E-state index contributed by atoms with van der Waals surface area (Å²) < 4.78 is 11.1. The normalized spacial score (nSPS) is 13.6. The van der Waals surface area contributed by atoms with E-state index in [0.29, 0.717) is 49.5 Å². The number of piperazine rings is 1. The monoisotopic (exact) mass is 469 g/mol. The minimum absolute atomic E-state index is 0.368. The van der Waals surface area contributed by atoms with Gasteiger partial charge < -0.3 is 24.3 Å². The quantitative estimate of drug-likeness (QED) is 0.323. The summed E-state index contributed by atoms with van der Waals surface area (Å²) in [5.41, 5.74) is 3.29. The minimum atomic E-state index is -0.505. The minimum Gasteiger partial charge on any atom is -0.497 e. The molecule has 0 bridgehead atoms. The fraction of sp³-hybridized carbons (Fsp3) is 0.214. The molecule has 5 rings (SSSR count). The number of hydrogen-bond donors (Lipinski definition) is 1. The molecule has 0 unspecified atom stereocenters. The zero-order chi connectivity index (χ0) is 24.2. The largest absolute Gasteiger partial charge is 0.497 e. The van der Waals surface area contributed by atoms with Crippen LogP contribution in [0.1, 0.15) is 15.9 Å². The molecule has 7 nitrogen and oxygen atoms in total. The predicted molar refractivity (Wildman–Crippen MR) is 135 cm³/mol. The molecule has 0 spiro atoms. The second kappa shape index (κ2) is 9.93. The molecule has 0 radical (unpaired) electrons. The first kappa shape index (κ1) is 22.5. The number of amides is 1. The number of carbonyl (C=O) groups excluding carboxylic acids is 2. The number of aromatic nitrogens is 1. The van der Waals surface area contributed by atoms with Crippen LogP contribution in [0.2, 0.25) is 0 Å². The molecule has 0 saturated carbocycles. The fourth-order valence-corrected chi connectivity index (χ4v) is 4.34. The van der Waals surface area contributed by atoms with Crippen molar-refractivity contribution < 1.29 is 19.1 Å². The van der Waals surface area contributed by atoms with Crippen LogP contribution >= 0.6 is 0 Å². The summed E-state index contributed by atoms with van der Waals surface area (Å²) in [5.74, 6) is 0.473. The van der Waals surface area contributed by atoms with E-state index in [2.05, 4.69) is 9.88 Å². The number of carbonyl (C=O) groups is 2. The third-order valence-electron chi connectivity index (χ3n) is 6.34. The predicted octanol–water partition coefficient (Wildman–Crippen LogP) is 4.29. The van der Waals surface area contributed by atoms with Crippen molar-refractivity contribution in [1.82, 2.24) is 9.88 Å². The molecule has 7 heteroatoms. The molecule has 35 heavy (non-hydrogen) atoms. The lowest BCUT2D eigenvalue weighted by Crippen LogP contribution is -2.50. The maximum Gasteiger partial charge on any atom is 0.295 e. The van der Waals surface area contributed by atoms with Gasteiger partial charge in [0.2, 0.25) is 0 Å². The standard InChI is InChI=1S/C28H27N3O4/c1-34-22-9-7-21(8-10-22)30-13-15-31(16-14-30)28(33)27(32)25-18-29-26-12-11-23(17-24(25)26)35-19-20-5-3-2-4-6-20/h2-12,17-18,29H,13-16,19H2,1H3. The Kier molecular flexibility index (Phi) is 6.39. The highest BCUT2D eigenvalue weighted by Gasteiger charge is 2.28. The van der Waals surface area contributed by atoms with E-state index in [0.717, 1.165) is 22.5 Å². The summed E-state index contributed by atoms with van der Waals surface area (Å²) >= 11 is 0. The number of hydrogen-bond acceptors (Lipinski definition) is 5. The Bertz CT molecular complexity index is 1320. The van der Waals surface area contributed by atoms with Crippen molar-refractivity contribution in [2.75, 3.05) is 38.2 Å². The maximum absolute atomic E-state index is 13.2. The van der Waals surface area contributed by atoms with E-state index in [1.54, 1.807) is 18.2 Å². The van der Waals surface area contributed by atoms with Crippen LogP contribution in [0.4, 0.5) is 5.69 Å². The van der Waals surface area contributed by atoms with Crippen LogP contribution < -0.4 is 14.4 Å². The number of aromatic amines is 1. The van der Waals surface area contributed by atoms with Crippen LogP contribution in [-0.2, 0) is 11.4 Å². The average Bonchev–Trinajstić information content (AvgIpc) is 3.35. The lowest BCUT2D eigenvalue weighted by atomic mass is 10.1. The average molecular weight is 470 g/mol. The van der Waals surface area contributed by atoms with Gasteiger partial charge in [-0.15, -0.1) is 0 Å². The molecule has 1 fully saturated rings. The summed E-state index contributed by atoms with van der Waals surface area (Å²) in [4.78, 5) is 33.2.